The van der Waals surface area contributed by atoms with E-state index in [-0.39, 0.29) is 5.92 Å². The van der Waals surface area contributed by atoms with Crippen LogP contribution in [0.1, 0.15) is 41.4 Å². The molecule has 134 valence electrons. The normalized spacial score (nSPS) is 17.5. The lowest BCUT2D eigenvalue weighted by atomic mass is 9.99. The second-order valence-electron chi connectivity index (χ2n) is 6.13. The average molecular weight is 398 g/mol. The summed E-state index contributed by atoms with van der Waals surface area (Å²) in [6.07, 6.45) is 2.44. The van der Waals surface area contributed by atoms with E-state index in [9.17, 15) is 8.42 Å². The lowest BCUT2D eigenvalue weighted by Crippen LogP contribution is -2.37. The molecule has 3 aromatic heterocycles. The number of fused-ring (bicyclic) bond motifs is 1. The zero-order valence-electron chi connectivity index (χ0n) is 14.0. The largest absolute Gasteiger partial charge is 0.252 e. The van der Waals surface area contributed by atoms with Crippen LogP contribution in [-0.4, -0.2) is 45.6 Å². The molecule has 0 atom stereocenters. The number of rotatable bonds is 4. The van der Waals surface area contributed by atoms with Gasteiger partial charge in [0.2, 0.25) is 4.96 Å². The SMILES string of the molecule is CCc1ccc(S(=O)(=O)N2CCC(c3nn4c(C)nnc4s3)CC2)s1. The van der Waals surface area contributed by atoms with Gasteiger partial charge in [0.1, 0.15) is 9.22 Å². The molecule has 0 aliphatic carbocycles. The molecule has 0 amide bonds. The molecular weight excluding hydrogens is 378 g/mol. The smallest absolute Gasteiger partial charge is 0.206 e. The summed E-state index contributed by atoms with van der Waals surface area (Å²) in [5.74, 6) is 1.06. The molecule has 0 saturated carbocycles. The molecule has 0 N–H and O–H groups in total. The number of aromatic nitrogens is 4. The highest BCUT2D eigenvalue weighted by Crippen LogP contribution is 2.34. The fourth-order valence-corrected chi connectivity index (χ4v) is 7.02. The van der Waals surface area contributed by atoms with E-state index in [0.29, 0.717) is 17.3 Å². The van der Waals surface area contributed by atoms with Gasteiger partial charge in [-0.2, -0.15) is 13.9 Å². The second kappa shape index (κ2) is 6.42. The van der Waals surface area contributed by atoms with E-state index >= 15 is 0 Å². The number of piperidine rings is 1. The van der Waals surface area contributed by atoms with Gasteiger partial charge in [0.05, 0.1) is 0 Å². The van der Waals surface area contributed by atoms with E-state index in [1.54, 1.807) is 26.2 Å². The summed E-state index contributed by atoms with van der Waals surface area (Å²) in [7, 11) is -3.37. The second-order valence-corrected chi connectivity index (χ2v) is 10.5. The quantitative estimate of drug-likeness (QED) is 0.676. The number of hydrogen-bond donors (Lipinski definition) is 0. The van der Waals surface area contributed by atoms with Crippen molar-refractivity contribution >= 4 is 37.7 Å². The topological polar surface area (TPSA) is 80.5 Å². The Kier molecular flexibility index (Phi) is 4.38. The first-order valence-corrected chi connectivity index (χ1v) is 11.3. The molecule has 0 unspecified atom stereocenters. The highest BCUT2D eigenvalue weighted by atomic mass is 32.2. The van der Waals surface area contributed by atoms with Crippen molar-refractivity contribution in [3.05, 3.63) is 27.8 Å². The van der Waals surface area contributed by atoms with Crippen molar-refractivity contribution < 1.29 is 8.42 Å². The lowest BCUT2D eigenvalue weighted by Gasteiger charge is -2.29. The van der Waals surface area contributed by atoms with Gasteiger partial charge in [-0.3, -0.25) is 0 Å². The number of thiophene rings is 1. The van der Waals surface area contributed by atoms with Crippen LogP contribution in [0.25, 0.3) is 4.96 Å². The Hall–Kier alpha value is -1.36. The van der Waals surface area contributed by atoms with Gasteiger partial charge in [0.25, 0.3) is 10.0 Å². The van der Waals surface area contributed by atoms with Crippen molar-refractivity contribution in [1.82, 2.24) is 24.1 Å². The standard InChI is InChI=1S/C15H19N5O2S3/c1-3-12-4-5-13(23-12)25(21,22)19-8-6-11(7-9-19)14-18-20-10(2)16-17-15(20)24-14/h4-5,11H,3,6-9H2,1-2H3. The van der Waals surface area contributed by atoms with Crippen LogP contribution in [0.5, 0.6) is 0 Å². The zero-order chi connectivity index (χ0) is 17.6. The van der Waals surface area contributed by atoms with Crippen LogP contribution in [-0.2, 0) is 16.4 Å². The predicted molar refractivity (Wildman–Crippen MR) is 97.8 cm³/mol. The molecule has 4 rings (SSSR count). The third kappa shape index (κ3) is 3.01. The van der Waals surface area contributed by atoms with Crippen LogP contribution in [0.2, 0.25) is 0 Å². The molecule has 0 bridgehead atoms. The zero-order valence-corrected chi connectivity index (χ0v) is 16.5. The monoisotopic (exact) mass is 397 g/mol. The maximum absolute atomic E-state index is 12.8. The maximum Gasteiger partial charge on any atom is 0.252 e. The minimum atomic E-state index is -3.37. The van der Waals surface area contributed by atoms with Gasteiger partial charge >= 0.3 is 0 Å². The Balaban J connectivity index is 1.48. The Morgan fingerprint density at radius 2 is 1.96 bits per heavy atom. The van der Waals surface area contributed by atoms with Crippen LogP contribution in [0.4, 0.5) is 0 Å². The van der Waals surface area contributed by atoms with Crippen molar-refractivity contribution in [2.24, 2.45) is 0 Å². The van der Waals surface area contributed by atoms with E-state index < -0.39 is 10.0 Å². The molecule has 4 heterocycles. The lowest BCUT2D eigenvalue weighted by molar-refractivity contribution is 0.319. The molecule has 1 aliphatic heterocycles. The van der Waals surface area contributed by atoms with Crippen molar-refractivity contribution in [2.45, 2.75) is 43.2 Å². The van der Waals surface area contributed by atoms with Crippen LogP contribution in [0.3, 0.4) is 0 Å². The Morgan fingerprint density at radius 1 is 1.20 bits per heavy atom. The molecule has 0 aromatic carbocycles. The molecular formula is C15H19N5O2S3. The predicted octanol–water partition coefficient (Wildman–Crippen LogP) is 2.69. The van der Waals surface area contributed by atoms with Gasteiger partial charge in [-0.25, -0.2) is 8.42 Å². The van der Waals surface area contributed by atoms with Crippen molar-refractivity contribution in [3.63, 3.8) is 0 Å². The van der Waals surface area contributed by atoms with Gasteiger partial charge in [0.15, 0.2) is 5.82 Å². The first kappa shape index (κ1) is 17.1. The summed E-state index contributed by atoms with van der Waals surface area (Å²) in [5.41, 5.74) is 0. The highest BCUT2D eigenvalue weighted by Gasteiger charge is 2.32. The summed E-state index contributed by atoms with van der Waals surface area (Å²) in [6, 6.07) is 3.64. The fraction of sp³-hybridized carbons (Fsp3) is 0.533. The average Bonchev–Trinajstić information content (AvgIpc) is 3.32. The van der Waals surface area contributed by atoms with Crippen LogP contribution < -0.4 is 0 Å². The highest BCUT2D eigenvalue weighted by molar-refractivity contribution is 7.91. The third-order valence-electron chi connectivity index (χ3n) is 4.55. The van der Waals surface area contributed by atoms with Crippen LogP contribution in [0, 0.1) is 6.92 Å². The third-order valence-corrected chi connectivity index (χ3v) is 9.20. The molecule has 0 radical (unpaired) electrons. The summed E-state index contributed by atoms with van der Waals surface area (Å²) in [4.78, 5) is 1.90. The number of sulfonamides is 1. The molecule has 1 aliphatic rings. The first-order chi connectivity index (χ1) is 12.0. The fourth-order valence-electron chi connectivity index (χ4n) is 3.05. The summed E-state index contributed by atoms with van der Waals surface area (Å²) in [6.45, 7) is 4.98. The van der Waals surface area contributed by atoms with Gasteiger partial charge < -0.3 is 0 Å². The molecule has 10 heteroatoms. The maximum atomic E-state index is 12.8. The molecule has 25 heavy (non-hydrogen) atoms. The van der Waals surface area contributed by atoms with E-state index in [1.165, 1.54) is 11.3 Å². The number of hydrogen-bond acceptors (Lipinski definition) is 7. The van der Waals surface area contributed by atoms with Crippen molar-refractivity contribution in [2.75, 3.05) is 13.1 Å². The van der Waals surface area contributed by atoms with Gasteiger partial charge in [-0.1, -0.05) is 18.3 Å². The Labute approximate surface area is 154 Å². The summed E-state index contributed by atoms with van der Waals surface area (Å²) >= 11 is 2.93. The van der Waals surface area contributed by atoms with E-state index in [0.717, 1.165) is 39.9 Å². The van der Waals surface area contributed by atoms with Gasteiger partial charge in [0, 0.05) is 23.9 Å². The summed E-state index contributed by atoms with van der Waals surface area (Å²) in [5, 5.41) is 13.7. The molecule has 1 fully saturated rings. The van der Waals surface area contributed by atoms with Gasteiger partial charge in [-0.15, -0.1) is 21.5 Å². The first-order valence-electron chi connectivity index (χ1n) is 8.26. The Bertz CT molecular complexity index is 996. The minimum absolute atomic E-state index is 0.284. The van der Waals surface area contributed by atoms with E-state index in [1.807, 2.05) is 19.9 Å². The molecule has 7 nitrogen and oxygen atoms in total. The van der Waals surface area contributed by atoms with Crippen molar-refractivity contribution in [1.29, 1.82) is 0 Å². The molecule has 0 spiro atoms. The van der Waals surface area contributed by atoms with E-state index in [2.05, 4.69) is 15.3 Å². The van der Waals surface area contributed by atoms with Crippen molar-refractivity contribution in [3.8, 4) is 0 Å². The molecule has 3 aromatic rings. The molecule has 1 saturated heterocycles. The van der Waals surface area contributed by atoms with Gasteiger partial charge in [-0.05, 0) is 38.3 Å². The Morgan fingerprint density at radius 3 is 2.60 bits per heavy atom. The van der Waals surface area contributed by atoms with Crippen LogP contribution in [0.15, 0.2) is 16.3 Å². The summed E-state index contributed by atoms with van der Waals surface area (Å²) < 4.78 is 29.4. The van der Waals surface area contributed by atoms with E-state index in [4.69, 9.17) is 0 Å². The number of aryl methyl sites for hydroxylation is 2. The minimum Gasteiger partial charge on any atom is -0.206 e. The van der Waals surface area contributed by atoms with Crippen LogP contribution >= 0.6 is 22.7 Å². The number of nitrogens with zero attached hydrogens (tertiary/aromatic N) is 5.